The molecule has 0 aliphatic carbocycles. The molecule has 19 heavy (non-hydrogen) atoms. The molecule has 0 amide bonds. The molecule has 3 atom stereocenters. The van der Waals surface area contributed by atoms with Crippen molar-refractivity contribution in [1.29, 1.82) is 0 Å². The third kappa shape index (κ3) is 7.67. The molecular formula is C12H25NO5P-. The van der Waals surface area contributed by atoms with Gasteiger partial charge in [-0.3, -0.25) is 0 Å². The molecule has 0 radical (unpaired) electrons. The summed E-state index contributed by atoms with van der Waals surface area (Å²) in [6.45, 7) is 7.12. The average Bonchev–Trinajstić information content (AvgIpc) is 2.22. The Morgan fingerprint density at radius 1 is 1.21 bits per heavy atom. The summed E-state index contributed by atoms with van der Waals surface area (Å²) in [5.74, 6) is -2.73. The van der Waals surface area contributed by atoms with Crippen LogP contribution in [0, 0.1) is 17.8 Å². The van der Waals surface area contributed by atoms with Gasteiger partial charge in [0.25, 0.3) is 0 Å². The third-order valence-corrected chi connectivity index (χ3v) is 4.35. The van der Waals surface area contributed by atoms with Crippen molar-refractivity contribution in [3.05, 3.63) is 0 Å². The lowest BCUT2D eigenvalue weighted by atomic mass is 9.98. The molecule has 0 aromatic carbocycles. The second kappa shape index (κ2) is 8.00. The molecule has 114 valence electrons. The van der Waals surface area contributed by atoms with Crippen molar-refractivity contribution >= 4 is 13.6 Å². The van der Waals surface area contributed by atoms with Gasteiger partial charge in [-0.1, -0.05) is 27.7 Å². The van der Waals surface area contributed by atoms with Gasteiger partial charge >= 0.3 is 0 Å². The van der Waals surface area contributed by atoms with E-state index in [1.54, 1.807) is 0 Å². The van der Waals surface area contributed by atoms with E-state index in [1.807, 2.05) is 27.7 Å². The molecule has 0 bridgehead atoms. The van der Waals surface area contributed by atoms with Gasteiger partial charge in [0.1, 0.15) is 5.78 Å². The van der Waals surface area contributed by atoms with Gasteiger partial charge in [-0.25, -0.2) is 0 Å². The molecule has 0 aromatic rings. The molecule has 3 N–H and O–H groups in total. The quantitative estimate of drug-likeness (QED) is 0.580. The molecule has 0 heterocycles. The van der Waals surface area contributed by atoms with Gasteiger partial charge in [-0.2, -0.15) is 0 Å². The predicted octanol–water partition coefficient (Wildman–Crippen LogP) is -0.417. The van der Waals surface area contributed by atoms with Crippen LogP contribution >= 0.6 is 7.60 Å². The van der Waals surface area contributed by atoms with Gasteiger partial charge < -0.3 is 29.6 Å². The number of quaternary nitrogens is 1. The first-order valence-corrected chi connectivity index (χ1v) is 8.16. The predicted molar refractivity (Wildman–Crippen MR) is 67.6 cm³/mol. The fourth-order valence-corrected chi connectivity index (χ4v) is 3.05. The second-order valence-electron chi connectivity index (χ2n) is 5.76. The Kier molecular flexibility index (Phi) is 7.82. The summed E-state index contributed by atoms with van der Waals surface area (Å²) >= 11 is 0. The van der Waals surface area contributed by atoms with E-state index < -0.39 is 25.3 Å². The van der Waals surface area contributed by atoms with E-state index in [9.17, 15) is 19.4 Å². The lowest BCUT2D eigenvalue weighted by Crippen LogP contribution is -2.62. The molecule has 2 unspecified atom stereocenters. The molecule has 0 saturated heterocycles. The number of hydrogen-bond acceptors (Lipinski definition) is 5. The molecule has 7 heteroatoms. The van der Waals surface area contributed by atoms with Crippen molar-refractivity contribution in [1.82, 2.24) is 0 Å². The number of carboxylic acid groups (broad SMARTS) is 1. The van der Waals surface area contributed by atoms with Gasteiger partial charge in [-0.05, 0) is 18.3 Å². The van der Waals surface area contributed by atoms with Crippen molar-refractivity contribution in [2.75, 3.05) is 6.61 Å². The van der Waals surface area contributed by atoms with Crippen LogP contribution in [0.1, 0.15) is 40.5 Å². The monoisotopic (exact) mass is 294 g/mol. The van der Waals surface area contributed by atoms with Crippen LogP contribution in [0.25, 0.3) is 0 Å². The molecule has 0 aromatic heterocycles. The highest BCUT2D eigenvalue weighted by Gasteiger charge is 2.25. The lowest BCUT2D eigenvalue weighted by Gasteiger charge is -2.30. The molecule has 0 aliphatic heterocycles. The van der Waals surface area contributed by atoms with Crippen molar-refractivity contribution in [3.63, 3.8) is 0 Å². The summed E-state index contributed by atoms with van der Waals surface area (Å²) in [6.07, 6.45) is 0.718. The first-order valence-electron chi connectivity index (χ1n) is 6.55. The van der Waals surface area contributed by atoms with Crippen LogP contribution in [0.5, 0.6) is 0 Å². The maximum Gasteiger partial charge on any atom is 0.192 e. The highest BCUT2D eigenvalue weighted by atomic mass is 31.2. The van der Waals surface area contributed by atoms with E-state index in [4.69, 9.17) is 4.52 Å². The van der Waals surface area contributed by atoms with E-state index in [-0.39, 0.29) is 18.4 Å². The average molecular weight is 294 g/mol. The summed E-state index contributed by atoms with van der Waals surface area (Å²) in [5.41, 5.74) is 3.57. The third-order valence-electron chi connectivity index (χ3n) is 2.74. The number of hydrogen-bond donors (Lipinski definition) is 1. The summed E-state index contributed by atoms with van der Waals surface area (Å²) in [6, 6.07) is 0. The van der Waals surface area contributed by atoms with Crippen molar-refractivity contribution in [2.24, 2.45) is 17.8 Å². The Labute approximate surface area is 114 Å². The summed E-state index contributed by atoms with van der Waals surface area (Å²) in [4.78, 5) is 22.7. The first kappa shape index (κ1) is 18.6. The first-order chi connectivity index (χ1) is 8.56. The highest BCUT2D eigenvalue weighted by Crippen LogP contribution is 2.42. The lowest BCUT2D eigenvalue weighted by molar-refractivity contribution is -0.409. The maximum atomic E-state index is 11.8. The van der Waals surface area contributed by atoms with Crippen molar-refractivity contribution < 1.29 is 29.6 Å². The van der Waals surface area contributed by atoms with E-state index in [0.29, 0.717) is 12.8 Å². The van der Waals surface area contributed by atoms with Crippen LogP contribution in [-0.2, 0) is 13.9 Å². The number of rotatable bonds is 9. The zero-order valence-electron chi connectivity index (χ0n) is 12.1. The van der Waals surface area contributed by atoms with Crippen LogP contribution in [0.4, 0.5) is 0 Å². The SMILES string of the molecule is CC(C)CC([NH3+])P(=O)([O-])OC[C@@H](CC(C)C)C(=O)[O-]. The van der Waals surface area contributed by atoms with Crippen molar-refractivity contribution in [3.8, 4) is 0 Å². The maximum absolute atomic E-state index is 11.8. The number of carbonyl (C=O) groups is 1. The van der Waals surface area contributed by atoms with Gasteiger partial charge in [0, 0.05) is 18.3 Å². The molecule has 6 nitrogen and oxygen atoms in total. The van der Waals surface area contributed by atoms with Gasteiger partial charge in [0.2, 0.25) is 0 Å². The van der Waals surface area contributed by atoms with E-state index in [0.717, 1.165) is 0 Å². The Hall–Kier alpha value is -0.420. The van der Waals surface area contributed by atoms with Crippen LogP contribution in [0.3, 0.4) is 0 Å². The molecule has 0 fully saturated rings. The van der Waals surface area contributed by atoms with Gasteiger partial charge in [-0.15, -0.1) is 0 Å². The smallest absolute Gasteiger partial charge is 0.192 e. The van der Waals surface area contributed by atoms with Crippen LogP contribution in [0.15, 0.2) is 0 Å². The molecule has 0 spiro atoms. The van der Waals surface area contributed by atoms with Crippen LogP contribution in [-0.4, -0.2) is 18.4 Å². The minimum Gasteiger partial charge on any atom is -0.774 e. The molecule has 0 saturated carbocycles. The minimum atomic E-state index is -4.13. The fourth-order valence-electron chi connectivity index (χ4n) is 1.77. The topological polar surface area (TPSA) is 117 Å². The summed E-state index contributed by atoms with van der Waals surface area (Å²) < 4.78 is 16.6. The zero-order valence-corrected chi connectivity index (χ0v) is 13.0. The summed E-state index contributed by atoms with van der Waals surface area (Å²) in [7, 11) is -4.13. The Morgan fingerprint density at radius 2 is 1.68 bits per heavy atom. The summed E-state index contributed by atoms with van der Waals surface area (Å²) in [5, 5.41) is 10.9. The molecular weight excluding hydrogens is 269 g/mol. The van der Waals surface area contributed by atoms with Gasteiger partial charge in [0.15, 0.2) is 7.60 Å². The van der Waals surface area contributed by atoms with Crippen LogP contribution in [0.2, 0.25) is 0 Å². The standard InChI is InChI=1S/C12H26NO5P/c1-8(2)5-10(12(14)15)7-18-19(16,17)11(13)6-9(3)4/h8-11H,5-7,13H2,1-4H3,(H,14,15)(H,16,17)/p-1/t10-,11?/m1/s1. The van der Waals surface area contributed by atoms with E-state index >= 15 is 0 Å². The Balaban J connectivity index is 4.48. The fraction of sp³-hybridized carbons (Fsp3) is 0.917. The van der Waals surface area contributed by atoms with Crippen molar-refractivity contribution in [2.45, 2.75) is 46.3 Å². The minimum absolute atomic E-state index is 0.128. The Morgan fingerprint density at radius 3 is 2.05 bits per heavy atom. The number of aliphatic carboxylic acids is 1. The Bertz CT molecular complexity index is 332. The zero-order chi connectivity index (χ0) is 15.2. The van der Waals surface area contributed by atoms with E-state index in [2.05, 4.69) is 5.73 Å². The van der Waals surface area contributed by atoms with Crippen LogP contribution < -0.4 is 15.7 Å². The second-order valence-corrected chi connectivity index (χ2v) is 7.83. The van der Waals surface area contributed by atoms with E-state index in [1.165, 1.54) is 0 Å². The highest BCUT2D eigenvalue weighted by molar-refractivity contribution is 7.51. The largest absolute Gasteiger partial charge is 0.774 e. The normalized spacial score (nSPS) is 18.3. The number of carboxylic acids is 1. The number of carbonyl (C=O) groups excluding carboxylic acids is 1. The molecule has 0 rings (SSSR count). The van der Waals surface area contributed by atoms with Gasteiger partial charge in [0.05, 0.1) is 6.61 Å². The molecule has 0 aliphatic rings.